The smallest absolute Gasteiger partial charge is 0.336 e. The number of carbonyl (C=O) groups is 1. The molecule has 1 rings (SSSR count). The van der Waals surface area contributed by atoms with Crippen molar-refractivity contribution in [3.63, 3.8) is 0 Å². The monoisotopic (exact) mass is 272 g/mol. The molecular weight excluding hydrogens is 256 g/mol. The Morgan fingerprint density at radius 3 is 2.28 bits per heavy atom. The fraction of sp³-hybridized carbons (Fsp3) is 0.417. The van der Waals surface area contributed by atoms with Gasteiger partial charge in [0.15, 0.2) is 6.10 Å². The fourth-order valence-electron chi connectivity index (χ4n) is 1.32. The molecule has 0 radical (unpaired) electrons. The molecular formula is C12H16O5S. The Labute approximate surface area is 107 Å². The average molecular weight is 272 g/mol. The van der Waals surface area contributed by atoms with Gasteiger partial charge < -0.3 is 4.74 Å². The molecule has 0 N–H and O–H groups in total. The Bertz CT molecular complexity index is 504. The van der Waals surface area contributed by atoms with Gasteiger partial charge in [-0.1, -0.05) is 24.6 Å². The van der Waals surface area contributed by atoms with Crippen molar-refractivity contribution in [3.8, 4) is 0 Å². The molecule has 0 heterocycles. The second-order valence-corrected chi connectivity index (χ2v) is 5.36. The van der Waals surface area contributed by atoms with Crippen LogP contribution in [-0.4, -0.2) is 27.6 Å². The van der Waals surface area contributed by atoms with Crippen molar-refractivity contribution < 1.29 is 22.1 Å². The molecule has 0 amide bonds. The van der Waals surface area contributed by atoms with Crippen LogP contribution in [0.5, 0.6) is 0 Å². The van der Waals surface area contributed by atoms with Gasteiger partial charge in [-0.3, -0.25) is 4.18 Å². The maximum Gasteiger partial charge on any atom is 0.336 e. The molecule has 1 aromatic carbocycles. The quantitative estimate of drug-likeness (QED) is 0.602. The first kappa shape index (κ1) is 14.7. The van der Waals surface area contributed by atoms with E-state index in [4.69, 9.17) is 4.18 Å². The molecule has 0 aromatic heterocycles. The number of ether oxygens (including phenoxy) is 1. The highest BCUT2D eigenvalue weighted by Crippen LogP contribution is 2.16. The summed E-state index contributed by atoms with van der Waals surface area (Å²) in [6.45, 7) is 3.49. The van der Waals surface area contributed by atoms with E-state index < -0.39 is 22.2 Å². The van der Waals surface area contributed by atoms with E-state index in [1.54, 1.807) is 19.1 Å². The molecule has 100 valence electrons. The van der Waals surface area contributed by atoms with E-state index >= 15 is 0 Å². The van der Waals surface area contributed by atoms with Crippen molar-refractivity contribution in [2.24, 2.45) is 0 Å². The lowest BCUT2D eigenvalue weighted by Gasteiger charge is -2.13. The summed E-state index contributed by atoms with van der Waals surface area (Å²) < 4.78 is 33.1. The van der Waals surface area contributed by atoms with Gasteiger partial charge in [0.05, 0.1) is 12.0 Å². The summed E-state index contributed by atoms with van der Waals surface area (Å²) in [5, 5.41) is 0. The summed E-state index contributed by atoms with van der Waals surface area (Å²) in [4.78, 5) is 11.3. The number of hydrogen-bond acceptors (Lipinski definition) is 5. The van der Waals surface area contributed by atoms with Crippen LogP contribution in [0.2, 0.25) is 0 Å². The highest BCUT2D eigenvalue weighted by atomic mass is 32.2. The molecule has 0 saturated carbocycles. The van der Waals surface area contributed by atoms with Crippen LogP contribution < -0.4 is 0 Å². The van der Waals surface area contributed by atoms with Gasteiger partial charge in [-0.25, -0.2) is 4.79 Å². The van der Waals surface area contributed by atoms with E-state index in [9.17, 15) is 13.2 Å². The minimum atomic E-state index is -3.94. The maximum atomic E-state index is 11.9. The number of rotatable bonds is 5. The summed E-state index contributed by atoms with van der Waals surface area (Å²) in [7, 11) is -2.76. The van der Waals surface area contributed by atoms with E-state index in [0.29, 0.717) is 0 Å². The zero-order chi connectivity index (χ0) is 13.8. The highest BCUT2D eigenvalue weighted by Gasteiger charge is 2.26. The van der Waals surface area contributed by atoms with Gasteiger partial charge in [0.1, 0.15) is 0 Å². The molecule has 18 heavy (non-hydrogen) atoms. The second-order valence-electron chi connectivity index (χ2n) is 3.78. The maximum absolute atomic E-state index is 11.9. The Balaban J connectivity index is 2.94. The Hall–Kier alpha value is -1.40. The van der Waals surface area contributed by atoms with Crippen LogP contribution in [0.1, 0.15) is 18.9 Å². The molecule has 0 aliphatic heterocycles. The second kappa shape index (κ2) is 5.97. The van der Waals surface area contributed by atoms with Crippen molar-refractivity contribution in [2.45, 2.75) is 31.3 Å². The number of carbonyl (C=O) groups excluding carboxylic acids is 1. The van der Waals surface area contributed by atoms with E-state index in [1.165, 1.54) is 19.2 Å². The van der Waals surface area contributed by atoms with Crippen LogP contribution in [0.3, 0.4) is 0 Å². The minimum absolute atomic E-state index is 0.0236. The normalized spacial score (nSPS) is 13.1. The van der Waals surface area contributed by atoms with Gasteiger partial charge in [-0.2, -0.15) is 8.42 Å². The number of methoxy groups -OCH3 is 1. The van der Waals surface area contributed by atoms with Crippen molar-refractivity contribution >= 4 is 16.1 Å². The van der Waals surface area contributed by atoms with Gasteiger partial charge >= 0.3 is 5.97 Å². The average Bonchev–Trinajstić information content (AvgIpc) is 2.35. The zero-order valence-corrected chi connectivity index (χ0v) is 11.4. The molecule has 0 fully saturated rings. The van der Waals surface area contributed by atoms with Crippen molar-refractivity contribution in [2.75, 3.05) is 7.11 Å². The summed E-state index contributed by atoms with van der Waals surface area (Å²) >= 11 is 0. The van der Waals surface area contributed by atoms with E-state index in [0.717, 1.165) is 5.56 Å². The molecule has 0 unspecified atom stereocenters. The predicted molar refractivity (Wildman–Crippen MR) is 65.5 cm³/mol. The third kappa shape index (κ3) is 3.54. The minimum Gasteiger partial charge on any atom is -0.467 e. The summed E-state index contributed by atoms with van der Waals surface area (Å²) in [6, 6.07) is 6.20. The summed E-state index contributed by atoms with van der Waals surface area (Å²) in [6.07, 6.45) is -0.890. The van der Waals surface area contributed by atoms with Gasteiger partial charge in [-0.15, -0.1) is 0 Å². The lowest BCUT2D eigenvalue weighted by molar-refractivity contribution is -0.148. The van der Waals surface area contributed by atoms with Gasteiger partial charge in [0.2, 0.25) is 0 Å². The van der Waals surface area contributed by atoms with Gasteiger partial charge in [0, 0.05) is 0 Å². The van der Waals surface area contributed by atoms with Crippen molar-refractivity contribution in [1.82, 2.24) is 0 Å². The van der Waals surface area contributed by atoms with Crippen LogP contribution in [0.25, 0.3) is 0 Å². The molecule has 0 aliphatic rings. The summed E-state index contributed by atoms with van der Waals surface area (Å²) in [5.74, 6) is -0.701. The molecule has 5 nitrogen and oxygen atoms in total. The van der Waals surface area contributed by atoms with Crippen LogP contribution >= 0.6 is 0 Å². The first-order valence-corrected chi connectivity index (χ1v) is 6.89. The zero-order valence-electron chi connectivity index (χ0n) is 10.5. The molecule has 1 aromatic rings. The van der Waals surface area contributed by atoms with E-state index in [2.05, 4.69) is 4.74 Å². The first-order chi connectivity index (χ1) is 8.40. The Morgan fingerprint density at radius 1 is 1.28 bits per heavy atom. The largest absolute Gasteiger partial charge is 0.467 e. The molecule has 0 saturated heterocycles. The third-order valence-corrected chi connectivity index (χ3v) is 3.72. The highest BCUT2D eigenvalue weighted by molar-refractivity contribution is 7.86. The van der Waals surface area contributed by atoms with Crippen LogP contribution in [0.4, 0.5) is 0 Å². The standard InChI is InChI=1S/C12H16O5S/c1-4-11(12(13)16-3)17-18(14,15)10-7-5-9(2)6-8-10/h5-8,11H,4H2,1-3H3/t11-/m0/s1. The van der Waals surface area contributed by atoms with E-state index in [1.807, 2.05) is 6.92 Å². The predicted octanol–water partition coefficient (Wildman–Crippen LogP) is 1.65. The molecule has 6 heteroatoms. The third-order valence-electron chi connectivity index (χ3n) is 2.39. The number of aryl methyl sites for hydroxylation is 1. The lowest BCUT2D eigenvalue weighted by Crippen LogP contribution is -2.27. The van der Waals surface area contributed by atoms with Gasteiger partial charge in [-0.05, 0) is 25.5 Å². The number of esters is 1. The fourth-order valence-corrected chi connectivity index (χ4v) is 2.42. The van der Waals surface area contributed by atoms with Gasteiger partial charge in [0.25, 0.3) is 10.1 Å². The van der Waals surface area contributed by atoms with Crippen LogP contribution in [0.15, 0.2) is 29.2 Å². The topological polar surface area (TPSA) is 69.7 Å². The molecule has 0 bridgehead atoms. The van der Waals surface area contributed by atoms with Crippen LogP contribution in [0, 0.1) is 6.92 Å². The van der Waals surface area contributed by atoms with Crippen LogP contribution in [-0.2, 0) is 23.8 Å². The summed E-state index contributed by atoms with van der Waals surface area (Å²) in [5.41, 5.74) is 0.939. The van der Waals surface area contributed by atoms with Crippen molar-refractivity contribution in [1.29, 1.82) is 0 Å². The number of hydrogen-bond donors (Lipinski definition) is 0. The first-order valence-electron chi connectivity index (χ1n) is 5.48. The lowest BCUT2D eigenvalue weighted by atomic mass is 10.2. The molecule has 0 spiro atoms. The SMILES string of the molecule is CC[C@H](OS(=O)(=O)c1ccc(C)cc1)C(=O)OC. The van der Waals surface area contributed by atoms with Crippen molar-refractivity contribution in [3.05, 3.63) is 29.8 Å². The Morgan fingerprint density at radius 2 is 1.83 bits per heavy atom. The molecule has 0 aliphatic carbocycles. The van der Waals surface area contributed by atoms with E-state index in [-0.39, 0.29) is 11.3 Å². The Kier molecular flexibility index (Phi) is 4.86. The molecule has 1 atom stereocenters. The number of benzene rings is 1.